The number of methoxy groups -OCH3 is 2. The minimum atomic E-state index is -0.856. The van der Waals surface area contributed by atoms with Crippen molar-refractivity contribution in [2.75, 3.05) is 20.8 Å². The van der Waals surface area contributed by atoms with Crippen LogP contribution in [0.4, 0.5) is 0 Å². The Morgan fingerprint density at radius 1 is 1.17 bits per heavy atom. The van der Waals surface area contributed by atoms with E-state index in [0.717, 1.165) is 5.56 Å². The Kier molecular flexibility index (Phi) is 7.38. The zero-order chi connectivity index (χ0) is 17.4. The van der Waals surface area contributed by atoms with Gasteiger partial charge >= 0.3 is 5.97 Å². The van der Waals surface area contributed by atoms with Gasteiger partial charge in [0.15, 0.2) is 11.5 Å². The number of amides is 1. The van der Waals surface area contributed by atoms with Gasteiger partial charge in [-0.05, 0) is 30.0 Å². The fourth-order valence-corrected chi connectivity index (χ4v) is 2.27. The second-order valence-corrected chi connectivity index (χ2v) is 5.74. The van der Waals surface area contributed by atoms with Gasteiger partial charge in [0.2, 0.25) is 5.91 Å². The van der Waals surface area contributed by atoms with Crippen LogP contribution in [0.2, 0.25) is 0 Å². The van der Waals surface area contributed by atoms with Crippen molar-refractivity contribution in [3.63, 3.8) is 0 Å². The maximum atomic E-state index is 12.1. The summed E-state index contributed by atoms with van der Waals surface area (Å²) in [4.78, 5) is 22.7. The number of rotatable bonds is 9. The van der Waals surface area contributed by atoms with E-state index < -0.39 is 5.97 Å². The average Bonchev–Trinajstić information content (AvgIpc) is 2.51. The number of hydrogen-bond donors (Lipinski definition) is 2. The van der Waals surface area contributed by atoms with Gasteiger partial charge in [0, 0.05) is 18.9 Å². The topological polar surface area (TPSA) is 84.9 Å². The molecule has 2 atom stereocenters. The molecule has 0 heterocycles. The van der Waals surface area contributed by atoms with E-state index in [9.17, 15) is 9.59 Å². The summed E-state index contributed by atoms with van der Waals surface area (Å²) in [6, 6.07) is 5.57. The maximum Gasteiger partial charge on any atom is 0.303 e. The lowest BCUT2D eigenvalue weighted by Gasteiger charge is -2.16. The summed E-state index contributed by atoms with van der Waals surface area (Å²) in [6.07, 6.45) is 0.615. The van der Waals surface area contributed by atoms with E-state index in [2.05, 4.69) is 5.32 Å². The quantitative estimate of drug-likeness (QED) is 0.727. The first-order valence-corrected chi connectivity index (χ1v) is 7.57. The molecule has 0 radical (unpaired) electrons. The molecule has 6 heteroatoms. The molecule has 23 heavy (non-hydrogen) atoms. The number of carbonyl (C=O) groups excluding carboxylic acids is 1. The van der Waals surface area contributed by atoms with Crippen LogP contribution < -0.4 is 14.8 Å². The molecule has 0 saturated heterocycles. The normalized spacial score (nSPS) is 13.0. The van der Waals surface area contributed by atoms with E-state index in [1.807, 2.05) is 25.1 Å². The van der Waals surface area contributed by atoms with Gasteiger partial charge in [0.25, 0.3) is 0 Å². The highest BCUT2D eigenvalue weighted by molar-refractivity contribution is 5.78. The Labute approximate surface area is 136 Å². The second kappa shape index (κ2) is 9.02. The molecule has 1 amide bonds. The van der Waals surface area contributed by atoms with Gasteiger partial charge in [-0.25, -0.2) is 0 Å². The van der Waals surface area contributed by atoms with Crippen LogP contribution in [0.25, 0.3) is 0 Å². The number of aliphatic carboxylic acids is 1. The Balaban J connectivity index is 2.56. The fourth-order valence-electron chi connectivity index (χ4n) is 2.27. The monoisotopic (exact) mass is 323 g/mol. The largest absolute Gasteiger partial charge is 0.493 e. The van der Waals surface area contributed by atoms with Crippen molar-refractivity contribution in [2.24, 2.45) is 11.8 Å². The lowest BCUT2D eigenvalue weighted by atomic mass is 9.99. The van der Waals surface area contributed by atoms with Gasteiger partial charge in [0.1, 0.15) is 0 Å². The van der Waals surface area contributed by atoms with Gasteiger partial charge in [-0.3, -0.25) is 9.59 Å². The summed E-state index contributed by atoms with van der Waals surface area (Å²) in [7, 11) is 3.15. The molecule has 0 aliphatic rings. The number of benzene rings is 1. The second-order valence-electron chi connectivity index (χ2n) is 5.74. The van der Waals surface area contributed by atoms with E-state index in [1.165, 1.54) is 0 Å². The molecule has 0 aromatic heterocycles. The Bertz CT molecular complexity index is 544. The molecule has 0 aliphatic carbocycles. The molecule has 0 spiro atoms. The predicted octanol–water partition coefficient (Wildman–Crippen LogP) is 2.11. The number of nitrogens with one attached hydrogen (secondary N) is 1. The minimum absolute atomic E-state index is 0.0460. The zero-order valence-corrected chi connectivity index (χ0v) is 14.1. The lowest BCUT2D eigenvalue weighted by Crippen LogP contribution is -2.34. The van der Waals surface area contributed by atoms with E-state index >= 15 is 0 Å². The van der Waals surface area contributed by atoms with Crippen LogP contribution in [-0.2, 0) is 16.0 Å². The highest BCUT2D eigenvalue weighted by atomic mass is 16.5. The summed E-state index contributed by atoms with van der Waals surface area (Å²) in [5, 5.41) is 11.5. The summed E-state index contributed by atoms with van der Waals surface area (Å²) in [5.41, 5.74) is 0.976. The van der Waals surface area contributed by atoms with E-state index in [4.69, 9.17) is 14.6 Å². The first-order valence-electron chi connectivity index (χ1n) is 7.57. The van der Waals surface area contributed by atoms with Crippen molar-refractivity contribution >= 4 is 11.9 Å². The fraction of sp³-hybridized carbons (Fsp3) is 0.529. The van der Waals surface area contributed by atoms with Crippen LogP contribution in [0.3, 0.4) is 0 Å². The molecule has 1 rings (SSSR count). The number of hydrogen-bond acceptors (Lipinski definition) is 4. The first kappa shape index (κ1) is 18.8. The van der Waals surface area contributed by atoms with Crippen molar-refractivity contribution < 1.29 is 24.2 Å². The molecular formula is C17H25NO5. The SMILES string of the molecule is COc1ccc(CC(C)C(=O)NCC(C)CC(=O)O)cc1OC. The van der Waals surface area contributed by atoms with Crippen LogP contribution in [0.15, 0.2) is 18.2 Å². The summed E-state index contributed by atoms with van der Waals surface area (Å²) in [5.74, 6) is 0.0283. The van der Waals surface area contributed by atoms with Gasteiger partial charge < -0.3 is 19.9 Å². The zero-order valence-electron chi connectivity index (χ0n) is 14.1. The molecule has 1 aromatic carbocycles. The lowest BCUT2D eigenvalue weighted by molar-refractivity contribution is -0.138. The van der Waals surface area contributed by atoms with E-state index in [0.29, 0.717) is 24.5 Å². The smallest absolute Gasteiger partial charge is 0.303 e. The summed E-state index contributed by atoms with van der Waals surface area (Å²) >= 11 is 0. The van der Waals surface area contributed by atoms with Gasteiger partial charge in [0.05, 0.1) is 14.2 Å². The maximum absolute atomic E-state index is 12.1. The van der Waals surface area contributed by atoms with Gasteiger partial charge in [-0.2, -0.15) is 0 Å². The molecule has 2 N–H and O–H groups in total. The van der Waals surface area contributed by atoms with Crippen molar-refractivity contribution in [3.8, 4) is 11.5 Å². The van der Waals surface area contributed by atoms with Crippen LogP contribution in [0.1, 0.15) is 25.8 Å². The van der Waals surface area contributed by atoms with Crippen molar-refractivity contribution in [1.82, 2.24) is 5.32 Å². The van der Waals surface area contributed by atoms with Crippen LogP contribution in [-0.4, -0.2) is 37.7 Å². The Hall–Kier alpha value is -2.24. The Morgan fingerprint density at radius 3 is 2.39 bits per heavy atom. The predicted molar refractivity (Wildman–Crippen MR) is 86.8 cm³/mol. The molecule has 1 aromatic rings. The summed E-state index contributed by atoms with van der Waals surface area (Å²) < 4.78 is 10.4. The number of carbonyl (C=O) groups is 2. The van der Waals surface area contributed by atoms with Crippen LogP contribution >= 0.6 is 0 Å². The standard InChI is InChI=1S/C17H25NO5/c1-11(7-16(19)20)10-18-17(21)12(2)8-13-5-6-14(22-3)15(9-13)23-4/h5-6,9,11-12H,7-8,10H2,1-4H3,(H,18,21)(H,19,20). The van der Waals surface area contributed by atoms with Crippen LogP contribution in [0, 0.1) is 11.8 Å². The van der Waals surface area contributed by atoms with E-state index in [-0.39, 0.29) is 24.2 Å². The molecule has 0 fully saturated rings. The molecule has 128 valence electrons. The molecule has 0 bridgehead atoms. The Morgan fingerprint density at radius 2 is 1.83 bits per heavy atom. The van der Waals surface area contributed by atoms with Gasteiger partial charge in [-0.1, -0.05) is 19.9 Å². The van der Waals surface area contributed by atoms with Crippen molar-refractivity contribution in [3.05, 3.63) is 23.8 Å². The number of ether oxygens (including phenoxy) is 2. The molecular weight excluding hydrogens is 298 g/mol. The molecule has 0 saturated carbocycles. The van der Waals surface area contributed by atoms with E-state index in [1.54, 1.807) is 21.1 Å². The van der Waals surface area contributed by atoms with Crippen molar-refractivity contribution in [2.45, 2.75) is 26.7 Å². The highest BCUT2D eigenvalue weighted by Crippen LogP contribution is 2.28. The molecule has 6 nitrogen and oxygen atoms in total. The molecule has 2 unspecified atom stereocenters. The third-order valence-electron chi connectivity index (χ3n) is 3.59. The van der Waals surface area contributed by atoms with Crippen molar-refractivity contribution in [1.29, 1.82) is 0 Å². The molecule has 0 aliphatic heterocycles. The average molecular weight is 323 g/mol. The number of carboxylic acids is 1. The highest BCUT2D eigenvalue weighted by Gasteiger charge is 2.16. The third kappa shape index (κ3) is 6.18. The number of carboxylic acid groups (broad SMARTS) is 1. The van der Waals surface area contributed by atoms with Crippen LogP contribution in [0.5, 0.6) is 11.5 Å². The first-order chi connectivity index (χ1) is 10.9. The van der Waals surface area contributed by atoms with Gasteiger partial charge in [-0.15, -0.1) is 0 Å². The third-order valence-corrected chi connectivity index (χ3v) is 3.59. The summed E-state index contributed by atoms with van der Waals surface area (Å²) in [6.45, 7) is 4.00. The minimum Gasteiger partial charge on any atom is -0.493 e.